The van der Waals surface area contributed by atoms with Gasteiger partial charge in [0.15, 0.2) is 5.96 Å². The molecule has 2 aromatic heterocycles. The number of thiophene rings is 1. The van der Waals surface area contributed by atoms with Crippen molar-refractivity contribution in [3.05, 3.63) is 38.6 Å². The van der Waals surface area contributed by atoms with E-state index in [4.69, 9.17) is 4.42 Å². The van der Waals surface area contributed by atoms with Crippen molar-refractivity contribution < 1.29 is 4.42 Å². The fourth-order valence-corrected chi connectivity index (χ4v) is 3.16. The normalized spacial score (nSPS) is 12.0. The number of hydrogen-bond donors (Lipinski definition) is 2. The van der Waals surface area contributed by atoms with Crippen molar-refractivity contribution in [3.63, 3.8) is 0 Å². The number of nitrogens with one attached hydrogen (secondary N) is 2. The molecule has 0 radical (unpaired) electrons. The molecule has 0 unspecified atom stereocenters. The molecule has 2 heterocycles. The fourth-order valence-electron chi connectivity index (χ4n) is 1.74. The van der Waals surface area contributed by atoms with Crippen LogP contribution in [-0.4, -0.2) is 18.0 Å². The van der Waals surface area contributed by atoms with E-state index in [2.05, 4.69) is 63.4 Å². The summed E-state index contributed by atoms with van der Waals surface area (Å²) >= 11 is 5.16. The minimum atomic E-state index is -0.0300. The molecular weight excluding hydrogens is 491 g/mol. The van der Waals surface area contributed by atoms with Crippen LogP contribution in [0.3, 0.4) is 0 Å². The number of guanidine groups is 1. The summed E-state index contributed by atoms with van der Waals surface area (Å²) in [6, 6.07) is 4.12. The van der Waals surface area contributed by atoms with E-state index in [1.807, 2.05) is 6.07 Å². The average molecular weight is 513 g/mol. The summed E-state index contributed by atoms with van der Waals surface area (Å²) in [6.07, 6.45) is 1.79. The van der Waals surface area contributed by atoms with E-state index in [-0.39, 0.29) is 29.4 Å². The van der Waals surface area contributed by atoms with Gasteiger partial charge in [0.25, 0.3) is 0 Å². The Labute approximate surface area is 166 Å². The molecule has 0 aliphatic rings. The molecule has 0 aliphatic carbocycles. The molecule has 2 N–H and O–H groups in total. The van der Waals surface area contributed by atoms with Gasteiger partial charge >= 0.3 is 0 Å². The number of aliphatic imine (C=N–C) groups is 1. The summed E-state index contributed by atoms with van der Waals surface area (Å²) < 4.78 is 6.88. The maximum atomic E-state index is 5.75. The summed E-state index contributed by atoms with van der Waals surface area (Å²) in [5.41, 5.74) is -0.0300. The maximum absolute atomic E-state index is 5.75. The highest BCUT2D eigenvalue weighted by Crippen LogP contribution is 2.23. The predicted octanol–water partition coefficient (Wildman–Crippen LogP) is 4.28. The molecule has 128 valence electrons. The molecule has 0 saturated heterocycles. The highest BCUT2D eigenvalue weighted by molar-refractivity contribution is 14.0. The van der Waals surface area contributed by atoms with Gasteiger partial charge in [-0.25, -0.2) is 4.98 Å². The lowest BCUT2D eigenvalue weighted by atomic mass is 9.94. The van der Waals surface area contributed by atoms with Gasteiger partial charge in [-0.1, -0.05) is 20.8 Å². The van der Waals surface area contributed by atoms with Gasteiger partial charge in [-0.15, -0.1) is 35.3 Å². The van der Waals surface area contributed by atoms with E-state index < -0.39 is 0 Å². The zero-order chi connectivity index (χ0) is 16.2. The number of aromatic nitrogens is 1. The molecule has 0 atom stereocenters. The molecule has 0 bridgehead atoms. The van der Waals surface area contributed by atoms with Gasteiger partial charge in [0.05, 0.1) is 23.1 Å². The van der Waals surface area contributed by atoms with Crippen LogP contribution in [0.2, 0.25) is 0 Å². The predicted molar refractivity (Wildman–Crippen MR) is 110 cm³/mol. The van der Waals surface area contributed by atoms with E-state index >= 15 is 0 Å². The Morgan fingerprint density at radius 3 is 2.52 bits per heavy atom. The molecule has 0 saturated carbocycles. The van der Waals surface area contributed by atoms with Gasteiger partial charge in [0, 0.05) is 17.3 Å². The molecule has 8 heteroatoms. The van der Waals surface area contributed by atoms with E-state index in [0.29, 0.717) is 12.4 Å². The number of nitrogens with zero attached hydrogens (tertiary/aromatic N) is 2. The Balaban J connectivity index is 0.00000264. The molecular formula is C15H22BrIN4OS. The van der Waals surface area contributed by atoms with Crippen LogP contribution in [0.1, 0.15) is 37.3 Å². The van der Waals surface area contributed by atoms with Gasteiger partial charge in [0.1, 0.15) is 5.76 Å². The van der Waals surface area contributed by atoms with E-state index in [1.54, 1.807) is 24.6 Å². The Morgan fingerprint density at radius 1 is 1.30 bits per heavy atom. The van der Waals surface area contributed by atoms with Gasteiger partial charge in [0.2, 0.25) is 5.89 Å². The smallest absolute Gasteiger partial charge is 0.213 e. The summed E-state index contributed by atoms with van der Waals surface area (Å²) in [5, 5.41) is 6.47. The minimum absolute atomic E-state index is 0. The van der Waals surface area contributed by atoms with Crippen molar-refractivity contribution in [2.75, 3.05) is 7.05 Å². The zero-order valence-electron chi connectivity index (χ0n) is 13.6. The molecule has 2 rings (SSSR count). The van der Waals surface area contributed by atoms with Crippen molar-refractivity contribution in [1.29, 1.82) is 0 Å². The lowest BCUT2D eigenvalue weighted by molar-refractivity contribution is 0.379. The number of halogens is 2. The first-order valence-corrected chi connectivity index (χ1v) is 8.63. The van der Waals surface area contributed by atoms with E-state index in [1.165, 1.54) is 4.88 Å². The lowest BCUT2D eigenvalue weighted by Crippen LogP contribution is -2.36. The number of hydrogen-bond acceptors (Lipinski definition) is 4. The first-order chi connectivity index (χ1) is 10.4. The van der Waals surface area contributed by atoms with Gasteiger partial charge in [-0.3, -0.25) is 4.99 Å². The highest BCUT2D eigenvalue weighted by atomic mass is 127. The number of oxazole rings is 1. The third-order valence-electron chi connectivity index (χ3n) is 2.98. The highest BCUT2D eigenvalue weighted by Gasteiger charge is 2.19. The van der Waals surface area contributed by atoms with E-state index in [0.717, 1.165) is 22.1 Å². The van der Waals surface area contributed by atoms with Crippen molar-refractivity contribution in [1.82, 2.24) is 15.6 Å². The van der Waals surface area contributed by atoms with Crippen LogP contribution < -0.4 is 10.6 Å². The largest absolute Gasteiger partial charge is 0.443 e. The Kier molecular flexibility index (Phi) is 8.02. The molecule has 23 heavy (non-hydrogen) atoms. The van der Waals surface area contributed by atoms with Gasteiger partial charge in [-0.05, 0) is 28.1 Å². The zero-order valence-corrected chi connectivity index (χ0v) is 18.4. The van der Waals surface area contributed by atoms with Crippen LogP contribution in [0.15, 0.2) is 31.5 Å². The standard InChI is InChI=1S/C15H21BrN4OS.HI/c1-15(2,3)11-8-18-13(21-11)9-20-14(17-4)19-7-10-5-6-12(16)22-10;/h5-6,8H,7,9H2,1-4H3,(H2,17,19,20);1H. The average Bonchev–Trinajstić information content (AvgIpc) is 3.07. The lowest BCUT2D eigenvalue weighted by Gasteiger charge is -2.13. The molecule has 0 fully saturated rings. The van der Waals surface area contributed by atoms with E-state index in [9.17, 15) is 0 Å². The van der Waals surface area contributed by atoms with Crippen LogP contribution >= 0.6 is 51.2 Å². The summed E-state index contributed by atoms with van der Waals surface area (Å²) in [5.74, 6) is 2.27. The molecule has 0 aliphatic heterocycles. The third-order valence-corrected chi connectivity index (χ3v) is 4.61. The van der Waals surface area contributed by atoms with Crippen molar-refractivity contribution in [2.45, 2.75) is 39.3 Å². The van der Waals surface area contributed by atoms with Crippen LogP contribution in [0.4, 0.5) is 0 Å². The number of rotatable bonds is 4. The second-order valence-corrected chi connectivity index (χ2v) is 8.40. The molecule has 0 spiro atoms. The molecule has 0 amide bonds. The monoisotopic (exact) mass is 512 g/mol. The first kappa shape index (κ1) is 20.4. The summed E-state index contributed by atoms with van der Waals surface area (Å²) in [6.45, 7) is 7.54. The van der Waals surface area contributed by atoms with Crippen LogP contribution in [0, 0.1) is 0 Å². The topological polar surface area (TPSA) is 62.5 Å². The summed E-state index contributed by atoms with van der Waals surface area (Å²) in [4.78, 5) is 9.73. The molecule has 5 nitrogen and oxygen atoms in total. The second kappa shape index (κ2) is 9.03. The fraction of sp³-hybridized carbons (Fsp3) is 0.467. The second-order valence-electron chi connectivity index (χ2n) is 5.85. The van der Waals surface area contributed by atoms with Gasteiger partial charge < -0.3 is 15.1 Å². The third kappa shape index (κ3) is 6.42. The van der Waals surface area contributed by atoms with Crippen LogP contribution in [0.25, 0.3) is 0 Å². The van der Waals surface area contributed by atoms with Crippen LogP contribution in [0.5, 0.6) is 0 Å². The van der Waals surface area contributed by atoms with Crippen molar-refractivity contribution in [3.8, 4) is 0 Å². The minimum Gasteiger partial charge on any atom is -0.443 e. The first-order valence-electron chi connectivity index (χ1n) is 7.02. The Bertz CT molecular complexity index is 648. The molecule has 0 aromatic carbocycles. The van der Waals surface area contributed by atoms with Crippen molar-refractivity contribution in [2.24, 2.45) is 4.99 Å². The SMILES string of the molecule is CN=C(NCc1ncc(C(C)(C)C)o1)NCc1ccc(Br)s1.I. The van der Waals surface area contributed by atoms with Crippen molar-refractivity contribution >= 4 is 57.2 Å². The summed E-state index contributed by atoms with van der Waals surface area (Å²) in [7, 11) is 1.75. The Morgan fingerprint density at radius 2 is 2.00 bits per heavy atom. The quantitative estimate of drug-likeness (QED) is 0.364. The van der Waals surface area contributed by atoms with Gasteiger partial charge in [-0.2, -0.15) is 0 Å². The Hall–Kier alpha value is -0.610. The molecule has 2 aromatic rings. The maximum Gasteiger partial charge on any atom is 0.213 e. The van der Waals surface area contributed by atoms with Crippen LogP contribution in [-0.2, 0) is 18.5 Å².